The summed E-state index contributed by atoms with van der Waals surface area (Å²) in [5, 5.41) is 22.6. The SMILES string of the molecule is CC(C)(C)N(Sc1ccc([N+](=O)[O-])cn1)Sc1ccc([N+](=O)[O-])cn1. The van der Waals surface area contributed by atoms with Crippen molar-refractivity contribution < 1.29 is 9.85 Å². The Labute approximate surface area is 152 Å². The van der Waals surface area contributed by atoms with Crippen molar-refractivity contribution in [2.45, 2.75) is 36.4 Å². The molecule has 0 bridgehead atoms. The molecule has 0 N–H and O–H groups in total. The normalized spacial score (nSPS) is 11.5. The maximum Gasteiger partial charge on any atom is 0.287 e. The first-order chi connectivity index (χ1) is 11.7. The van der Waals surface area contributed by atoms with Crippen LogP contribution in [-0.2, 0) is 0 Å². The topological polar surface area (TPSA) is 115 Å². The quantitative estimate of drug-likeness (QED) is 0.414. The van der Waals surface area contributed by atoms with Crippen LogP contribution < -0.4 is 0 Å². The Bertz CT molecular complexity index is 703. The van der Waals surface area contributed by atoms with E-state index >= 15 is 0 Å². The van der Waals surface area contributed by atoms with Gasteiger partial charge in [-0.2, -0.15) is 3.71 Å². The Kier molecular flexibility index (Phi) is 5.93. The molecule has 0 amide bonds. The van der Waals surface area contributed by atoms with Gasteiger partial charge >= 0.3 is 0 Å². The van der Waals surface area contributed by atoms with Crippen LogP contribution in [0.25, 0.3) is 0 Å². The lowest BCUT2D eigenvalue weighted by atomic mass is 10.1. The molecule has 0 fully saturated rings. The van der Waals surface area contributed by atoms with Gasteiger partial charge in [0.15, 0.2) is 0 Å². The van der Waals surface area contributed by atoms with Gasteiger partial charge in [0.25, 0.3) is 11.4 Å². The van der Waals surface area contributed by atoms with E-state index in [2.05, 4.69) is 9.97 Å². The smallest absolute Gasteiger partial charge is 0.258 e. The van der Waals surface area contributed by atoms with E-state index < -0.39 is 9.85 Å². The highest BCUT2D eigenvalue weighted by atomic mass is 32.2. The first kappa shape index (κ1) is 19.1. The third-order valence-electron chi connectivity index (χ3n) is 2.76. The number of hydrogen-bond acceptors (Lipinski definition) is 9. The fourth-order valence-electron chi connectivity index (χ4n) is 1.53. The minimum Gasteiger partial charge on any atom is -0.258 e. The van der Waals surface area contributed by atoms with E-state index in [0.29, 0.717) is 10.1 Å². The Morgan fingerprint density at radius 2 is 1.28 bits per heavy atom. The van der Waals surface area contributed by atoms with Crippen molar-refractivity contribution in [1.82, 2.24) is 13.7 Å². The average Bonchev–Trinajstić information content (AvgIpc) is 2.54. The zero-order valence-electron chi connectivity index (χ0n) is 13.6. The van der Waals surface area contributed by atoms with Gasteiger partial charge in [-0.3, -0.25) is 20.2 Å². The molecule has 0 spiro atoms. The summed E-state index contributed by atoms with van der Waals surface area (Å²) in [5.41, 5.74) is -0.435. The minimum atomic E-state index is -0.501. The molecule has 0 aliphatic heterocycles. The zero-order chi connectivity index (χ0) is 18.6. The molecule has 0 atom stereocenters. The second-order valence-electron chi connectivity index (χ2n) is 5.83. The summed E-state index contributed by atoms with van der Waals surface area (Å²) in [6.45, 7) is 5.97. The molecule has 132 valence electrons. The molecule has 0 unspecified atom stereocenters. The van der Waals surface area contributed by atoms with Gasteiger partial charge in [-0.1, -0.05) is 0 Å². The van der Waals surface area contributed by atoms with Crippen LogP contribution in [0.5, 0.6) is 0 Å². The van der Waals surface area contributed by atoms with Crippen LogP contribution in [0, 0.1) is 20.2 Å². The fourth-order valence-corrected chi connectivity index (χ4v) is 3.48. The van der Waals surface area contributed by atoms with Gasteiger partial charge in [-0.25, -0.2) is 9.97 Å². The zero-order valence-corrected chi connectivity index (χ0v) is 15.3. The predicted octanol–water partition coefficient (Wildman–Crippen LogP) is 4.11. The molecule has 0 aliphatic rings. The molecule has 25 heavy (non-hydrogen) atoms. The molecule has 2 aromatic rings. The van der Waals surface area contributed by atoms with Crippen LogP contribution in [0.15, 0.2) is 46.7 Å². The van der Waals surface area contributed by atoms with Crippen molar-refractivity contribution in [1.29, 1.82) is 0 Å². The highest BCUT2D eigenvalue weighted by Crippen LogP contribution is 2.39. The van der Waals surface area contributed by atoms with Gasteiger partial charge in [-0.15, -0.1) is 0 Å². The van der Waals surface area contributed by atoms with Crippen LogP contribution >= 0.6 is 23.9 Å². The molecule has 2 aromatic heterocycles. The second-order valence-corrected chi connectivity index (χ2v) is 8.00. The standard InChI is InChI=1S/C14H15N5O4S2/c1-14(2,3)19(24-12-6-4-10(8-15-12)17(20)21)25-13-7-5-11(9-16-13)18(22)23/h4-9H,1-3H3. The van der Waals surface area contributed by atoms with Crippen molar-refractivity contribution in [2.24, 2.45) is 0 Å². The number of nitrogens with zero attached hydrogens (tertiary/aromatic N) is 5. The lowest BCUT2D eigenvalue weighted by Crippen LogP contribution is -2.30. The molecule has 2 rings (SSSR count). The maximum atomic E-state index is 10.7. The molecule has 0 saturated carbocycles. The van der Waals surface area contributed by atoms with Crippen molar-refractivity contribution in [3.63, 3.8) is 0 Å². The average molecular weight is 381 g/mol. The van der Waals surface area contributed by atoms with Crippen LogP contribution in [0.1, 0.15) is 20.8 Å². The number of nitro groups is 2. The number of rotatable bonds is 6. The van der Waals surface area contributed by atoms with Gasteiger partial charge < -0.3 is 0 Å². The molecule has 0 radical (unpaired) electrons. The third-order valence-corrected chi connectivity index (χ3v) is 5.50. The molecular weight excluding hydrogens is 366 g/mol. The summed E-state index contributed by atoms with van der Waals surface area (Å²) < 4.78 is 1.93. The van der Waals surface area contributed by atoms with E-state index in [4.69, 9.17) is 0 Å². The summed E-state index contributed by atoms with van der Waals surface area (Å²) >= 11 is 2.62. The third kappa shape index (κ3) is 5.37. The Morgan fingerprint density at radius 1 is 0.880 bits per heavy atom. The lowest BCUT2D eigenvalue weighted by Gasteiger charge is -2.31. The van der Waals surface area contributed by atoms with Gasteiger partial charge in [-0.05, 0) is 56.8 Å². The van der Waals surface area contributed by atoms with E-state index in [1.54, 1.807) is 12.1 Å². The van der Waals surface area contributed by atoms with Crippen molar-refractivity contribution in [3.05, 3.63) is 56.9 Å². The van der Waals surface area contributed by atoms with Crippen molar-refractivity contribution in [3.8, 4) is 0 Å². The number of pyridine rings is 2. The maximum absolute atomic E-state index is 10.7. The van der Waals surface area contributed by atoms with Gasteiger partial charge in [0.1, 0.15) is 22.4 Å². The highest BCUT2D eigenvalue weighted by molar-refractivity contribution is 8.12. The fraction of sp³-hybridized carbons (Fsp3) is 0.286. The van der Waals surface area contributed by atoms with Crippen LogP contribution in [0.2, 0.25) is 0 Å². The van der Waals surface area contributed by atoms with E-state index in [-0.39, 0.29) is 16.9 Å². The van der Waals surface area contributed by atoms with E-state index in [0.717, 1.165) is 0 Å². The van der Waals surface area contributed by atoms with E-state index in [1.807, 2.05) is 24.5 Å². The minimum absolute atomic E-state index is 0.0728. The molecule has 0 aromatic carbocycles. The predicted molar refractivity (Wildman–Crippen MR) is 95.1 cm³/mol. The Hall–Kier alpha value is -2.24. The van der Waals surface area contributed by atoms with Crippen LogP contribution in [0.4, 0.5) is 11.4 Å². The monoisotopic (exact) mass is 381 g/mol. The molecule has 0 saturated heterocycles. The molecule has 11 heteroatoms. The van der Waals surface area contributed by atoms with Crippen LogP contribution in [-0.4, -0.2) is 29.1 Å². The second kappa shape index (κ2) is 7.76. The lowest BCUT2D eigenvalue weighted by molar-refractivity contribution is -0.385. The summed E-state index contributed by atoms with van der Waals surface area (Å²) in [4.78, 5) is 28.6. The summed E-state index contributed by atoms with van der Waals surface area (Å²) in [6.07, 6.45) is 2.41. The van der Waals surface area contributed by atoms with Crippen molar-refractivity contribution >= 4 is 35.3 Å². The summed E-state index contributed by atoms with van der Waals surface area (Å²) in [5.74, 6) is 0. The Balaban J connectivity index is 2.16. The van der Waals surface area contributed by atoms with Gasteiger partial charge in [0, 0.05) is 17.7 Å². The van der Waals surface area contributed by atoms with Crippen molar-refractivity contribution in [2.75, 3.05) is 0 Å². The van der Waals surface area contributed by atoms with Gasteiger partial charge in [0.2, 0.25) is 0 Å². The first-order valence-corrected chi connectivity index (χ1v) is 8.58. The molecule has 0 aliphatic carbocycles. The first-order valence-electron chi connectivity index (χ1n) is 7.04. The molecule has 9 nitrogen and oxygen atoms in total. The number of hydrogen-bond donors (Lipinski definition) is 0. The number of aromatic nitrogens is 2. The summed E-state index contributed by atoms with van der Waals surface area (Å²) in [6, 6.07) is 5.94. The highest BCUT2D eigenvalue weighted by Gasteiger charge is 2.25. The largest absolute Gasteiger partial charge is 0.287 e. The van der Waals surface area contributed by atoms with Crippen LogP contribution in [0.3, 0.4) is 0 Å². The Morgan fingerprint density at radius 3 is 1.52 bits per heavy atom. The summed E-state index contributed by atoms with van der Waals surface area (Å²) in [7, 11) is 0. The molecule has 2 heterocycles. The molecular formula is C14H15N5O4S2. The van der Waals surface area contributed by atoms with Gasteiger partial charge in [0.05, 0.1) is 9.85 Å². The van der Waals surface area contributed by atoms with E-state index in [1.165, 1.54) is 48.4 Å². The van der Waals surface area contributed by atoms with E-state index in [9.17, 15) is 20.2 Å².